The lowest BCUT2D eigenvalue weighted by Gasteiger charge is -2.38. The summed E-state index contributed by atoms with van der Waals surface area (Å²) in [7, 11) is 0. The highest BCUT2D eigenvalue weighted by molar-refractivity contribution is 7.16. The first-order valence-corrected chi connectivity index (χ1v) is 9.62. The molecule has 1 amide bonds. The van der Waals surface area contributed by atoms with E-state index in [-0.39, 0.29) is 5.91 Å². The second kappa shape index (κ2) is 6.69. The van der Waals surface area contributed by atoms with E-state index in [1.807, 2.05) is 12.1 Å². The van der Waals surface area contributed by atoms with Crippen LogP contribution in [0.1, 0.15) is 42.3 Å². The summed E-state index contributed by atoms with van der Waals surface area (Å²) in [6.07, 6.45) is 7.80. The SMILES string of the molecule is CCN1CCC(N(C(=O)c2cnc(-c3ccco3)s2)C2CC2)CC1. The minimum atomic E-state index is 0.155. The van der Waals surface area contributed by atoms with Crippen molar-refractivity contribution in [3.63, 3.8) is 0 Å². The lowest BCUT2D eigenvalue weighted by Crippen LogP contribution is -2.48. The largest absolute Gasteiger partial charge is 0.462 e. The van der Waals surface area contributed by atoms with E-state index < -0.39 is 0 Å². The van der Waals surface area contributed by atoms with Gasteiger partial charge in [0.15, 0.2) is 10.8 Å². The van der Waals surface area contributed by atoms with Crippen molar-refractivity contribution in [3.05, 3.63) is 29.5 Å². The Labute approximate surface area is 146 Å². The number of likely N-dealkylation sites (tertiary alicyclic amines) is 1. The molecule has 1 aliphatic heterocycles. The van der Waals surface area contributed by atoms with Gasteiger partial charge in [0.2, 0.25) is 0 Å². The van der Waals surface area contributed by atoms with E-state index in [4.69, 9.17) is 4.42 Å². The van der Waals surface area contributed by atoms with Crippen molar-refractivity contribution in [1.82, 2.24) is 14.8 Å². The zero-order valence-electron chi connectivity index (χ0n) is 14.0. The molecule has 1 saturated heterocycles. The van der Waals surface area contributed by atoms with Crippen molar-refractivity contribution >= 4 is 17.2 Å². The molecule has 6 heteroatoms. The van der Waals surface area contributed by atoms with Crippen molar-refractivity contribution in [2.45, 2.75) is 44.7 Å². The summed E-state index contributed by atoms with van der Waals surface area (Å²) in [5.74, 6) is 0.885. The van der Waals surface area contributed by atoms with Crippen LogP contribution in [-0.4, -0.2) is 52.4 Å². The fraction of sp³-hybridized carbons (Fsp3) is 0.556. The van der Waals surface area contributed by atoms with Crippen LogP contribution >= 0.6 is 11.3 Å². The van der Waals surface area contributed by atoms with Crippen LogP contribution < -0.4 is 0 Å². The second-order valence-corrected chi connectivity index (χ2v) is 7.65. The minimum absolute atomic E-state index is 0.155. The first kappa shape index (κ1) is 15.8. The molecule has 0 atom stereocenters. The van der Waals surface area contributed by atoms with E-state index in [2.05, 4.69) is 21.7 Å². The number of carbonyl (C=O) groups is 1. The van der Waals surface area contributed by atoms with Gasteiger partial charge in [-0.1, -0.05) is 6.92 Å². The molecule has 0 aromatic carbocycles. The molecule has 1 saturated carbocycles. The quantitative estimate of drug-likeness (QED) is 0.832. The molecule has 24 heavy (non-hydrogen) atoms. The molecule has 0 N–H and O–H groups in total. The van der Waals surface area contributed by atoms with E-state index in [1.165, 1.54) is 11.3 Å². The standard InChI is InChI=1S/C18H23N3O2S/c1-2-20-9-7-14(8-10-20)21(13-5-6-13)18(22)16-12-19-17(24-16)15-4-3-11-23-15/h3-4,11-14H,2,5-10H2,1H3. The molecule has 2 aromatic rings. The molecule has 0 bridgehead atoms. The third-order valence-corrected chi connectivity index (χ3v) is 6.02. The summed E-state index contributed by atoms with van der Waals surface area (Å²) in [6, 6.07) is 4.54. The zero-order chi connectivity index (χ0) is 16.5. The number of carbonyl (C=O) groups excluding carboxylic acids is 1. The third-order valence-electron chi connectivity index (χ3n) is 5.02. The first-order chi connectivity index (χ1) is 11.8. The average Bonchev–Trinajstić information content (AvgIpc) is 3.11. The number of hydrogen-bond acceptors (Lipinski definition) is 5. The summed E-state index contributed by atoms with van der Waals surface area (Å²) in [5.41, 5.74) is 0. The van der Waals surface area contributed by atoms with Crippen LogP contribution in [0.3, 0.4) is 0 Å². The van der Waals surface area contributed by atoms with Gasteiger partial charge in [0, 0.05) is 25.2 Å². The molecule has 3 heterocycles. The smallest absolute Gasteiger partial charge is 0.266 e. The molecular weight excluding hydrogens is 322 g/mol. The van der Waals surface area contributed by atoms with Crippen LogP contribution in [-0.2, 0) is 0 Å². The fourth-order valence-electron chi connectivity index (χ4n) is 3.51. The number of rotatable bonds is 5. The Balaban J connectivity index is 1.51. The molecule has 5 nitrogen and oxygen atoms in total. The number of hydrogen-bond donors (Lipinski definition) is 0. The predicted octanol–water partition coefficient (Wildman–Crippen LogP) is 3.49. The van der Waals surface area contributed by atoms with Gasteiger partial charge in [-0.2, -0.15) is 0 Å². The normalized spacial score (nSPS) is 19.5. The fourth-order valence-corrected chi connectivity index (χ4v) is 4.34. The van der Waals surface area contributed by atoms with Gasteiger partial charge in [-0.05, 0) is 44.4 Å². The van der Waals surface area contributed by atoms with E-state index in [0.717, 1.165) is 61.0 Å². The van der Waals surface area contributed by atoms with Gasteiger partial charge >= 0.3 is 0 Å². The first-order valence-electron chi connectivity index (χ1n) is 8.81. The molecular formula is C18H23N3O2S. The summed E-state index contributed by atoms with van der Waals surface area (Å²) in [6.45, 7) is 5.50. The summed E-state index contributed by atoms with van der Waals surface area (Å²) in [4.78, 5) is 22.8. The summed E-state index contributed by atoms with van der Waals surface area (Å²) >= 11 is 1.43. The van der Waals surface area contributed by atoms with Crippen molar-refractivity contribution in [2.75, 3.05) is 19.6 Å². The maximum absolute atomic E-state index is 13.1. The summed E-state index contributed by atoms with van der Waals surface area (Å²) < 4.78 is 5.39. The number of furan rings is 1. The Kier molecular flexibility index (Phi) is 4.41. The van der Waals surface area contributed by atoms with Crippen LogP contribution in [0.25, 0.3) is 10.8 Å². The highest BCUT2D eigenvalue weighted by Gasteiger charge is 2.39. The van der Waals surface area contributed by atoms with E-state index >= 15 is 0 Å². The number of aromatic nitrogens is 1. The van der Waals surface area contributed by atoms with Crippen LogP contribution in [0.2, 0.25) is 0 Å². The lowest BCUT2D eigenvalue weighted by atomic mass is 10.0. The predicted molar refractivity (Wildman–Crippen MR) is 94.1 cm³/mol. The average molecular weight is 345 g/mol. The number of amides is 1. The van der Waals surface area contributed by atoms with Crippen LogP contribution in [0.5, 0.6) is 0 Å². The number of thiazole rings is 1. The molecule has 128 valence electrons. The van der Waals surface area contributed by atoms with Crippen LogP contribution in [0.4, 0.5) is 0 Å². The van der Waals surface area contributed by atoms with Gasteiger partial charge in [-0.15, -0.1) is 11.3 Å². The lowest BCUT2D eigenvalue weighted by molar-refractivity contribution is 0.0559. The van der Waals surface area contributed by atoms with E-state index in [1.54, 1.807) is 12.5 Å². The Bertz CT molecular complexity index is 685. The molecule has 0 spiro atoms. The molecule has 1 aliphatic carbocycles. The van der Waals surface area contributed by atoms with Crippen molar-refractivity contribution in [3.8, 4) is 10.8 Å². The molecule has 0 unspecified atom stereocenters. The number of piperidine rings is 1. The Hall–Kier alpha value is -1.66. The van der Waals surface area contributed by atoms with Gasteiger partial charge in [-0.25, -0.2) is 4.98 Å². The Morgan fingerprint density at radius 1 is 1.33 bits per heavy atom. The topological polar surface area (TPSA) is 49.6 Å². The summed E-state index contributed by atoms with van der Waals surface area (Å²) in [5, 5.41) is 0.778. The van der Waals surface area contributed by atoms with Gasteiger partial charge in [0.05, 0.1) is 12.5 Å². The molecule has 2 fully saturated rings. The zero-order valence-corrected chi connectivity index (χ0v) is 14.8. The van der Waals surface area contributed by atoms with Crippen molar-refractivity contribution in [1.29, 1.82) is 0 Å². The Morgan fingerprint density at radius 3 is 2.71 bits per heavy atom. The molecule has 2 aromatic heterocycles. The van der Waals surface area contributed by atoms with Crippen LogP contribution in [0.15, 0.2) is 29.0 Å². The van der Waals surface area contributed by atoms with Gasteiger partial charge in [-0.3, -0.25) is 4.79 Å². The van der Waals surface area contributed by atoms with Crippen molar-refractivity contribution < 1.29 is 9.21 Å². The van der Waals surface area contributed by atoms with Gasteiger partial charge in [0.25, 0.3) is 5.91 Å². The monoisotopic (exact) mass is 345 g/mol. The molecule has 0 radical (unpaired) electrons. The van der Waals surface area contributed by atoms with E-state index in [9.17, 15) is 4.79 Å². The maximum atomic E-state index is 13.1. The van der Waals surface area contributed by atoms with Gasteiger partial charge < -0.3 is 14.2 Å². The highest BCUT2D eigenvalue weighted by atomic mass is 32.1. The maximum Gasteiger partial charge on any atom is 0.266 e. The second-order valence-electron chi connectivity index (χ2n) is 6.62. The number of nitrogens with zero attached hydrogens (tertiary/aromatic N) is 3. The third kappa shape index (κ3) is 3.13. The minimum Gasteiger partial charge on any atom is -0.462 e. The highest BCUT2D eigenvalue weighted by Crippen LogP contribution is 2.35. The van der Waals surface area contributed by atoms with Crippen molar-refractivity contribution in [2.24, 2.45) is 0 Å². The molecule has 4 rings (SSSR count). The molecule has 2 aliphatic rings. The van der Waals surface area contributed by atoms with Crippen LogP contribution in [0, 0.1) is 0 Å². The van der Waals surface area contributed by atoms with E-state index in [0.29, 0.717) is 12.1 Å². The van der Waals surface area contributed by atoms with Gasteiger partial charge in [0.1, 0.15) is 4.88 Å². The Morgan fingerprint density at radius 2 is 2.08 bits per heavy atom.